The van der Waals surface area contributed by atoms with Crippen LogP contribution in [0, 0.1) is 0 Å². The zero-order valence-electron chi connectivity index (χ0n) is 14.4. The van der Waals surface area contributed by atoms with Crippen molar-refractivity contribution in [2.45, 2.75) is 17.1 Å². The van der Waals surface area contributed by atoms with Crippen LogP contribution in [0.1, 0.15) is 21.9 Å². The SMILES string of the molecule is O=C(NCCc1ccccc1Br)c1ccc(CS(=O)(=O)c2ccccc2)o1. The molecule has 0 bridgehead atoms. The molecule has 3 rings (SSSR count). The number of nitrogens with one attached hydrogen (secondary N) is 1. The van der Waals surface area contributed by atoms with Crippen molar-refractivity contribution in [2.75, 3.05) is 6.54 Å². The smallest absolute Gasteiger partial charge is 0.287 e. The lowest BCUT2D eigenvalue weighted by Crippen LogP contribution is -2.25. The molecule has 140 valence electrons. The predicted molar refractivity (Wildman–Crippen MR) is 106 cm³/mol. The molecule has 0 spiro atoms. The maximum atomic E-state index is 12.4. The Morgan fingerprint density at radius 3 is 2.41 bits per heavy atom. The molecular weight excluding hydrogens is 430 g/mol. The molecule has 7 heteroatoms. The molecule has 0 saturated carbocycles. The second kappa shape index (κ2) is 8.54. The lowest BCUT2D eigenvalue weighted by Gasteiger charge is -2.05. The van der Waals surface area contributed by atoms with Crippen LogP contribution in [-0.2, 0) is 22.0 Å². The summed E-state index contributed by atoms with van der Waals surface area (Å²) in [5.74, 6) is -0.332. The van der Waals surface area contributed by atoms with Crippen molar-refractivity contribution >= 4 is 31.7 Å². The van der Waals surface area contributed by atoms with Crippen LogP contribution in [0.25, 0.3) is 0 Å². The molecule has 2 aromatic carbocycles. The van der Waals surface area contributed by atoms with E-state index in [4.69, 9.17) is 4.42 Å². The average Bonchev–Trinajstić information content (AvgIpc) is 3.12. The third-order valence-corrected chi connectivity index (χ3v) is 6.39. The van der Waals surface area contributed by atoms with Crippen molar-refractivity contribution < 1.29 is 17.6 Å². The Morgan fingerprint density at radius 1 is 0.963 bits per heavy atom. The molecule has 1 amide bonds. The van der Waals surface area contributed by atoms with Crippen LogP contribution in [0.15, 0.2) is 80.5 Å². The van der Waals surface area contributed by atoms with Crippen LogP contribution in [-0.4, -0.2) is 20.9 Å². The fourth-order valence-electron chi connectivity index (χ4n) is 2.57. The van der Waals surface area contributed by atoms with Gasteiger partial charge in [0.2, 0.25) is 0 Å². The monoisotopic (exact) mass is 447 g/mol. The minimum atomic E-state index is -3.51. The van der Waals surface area contributed by atoms with E-state index in [2.05, 4.69) is 21.2 Å². The summed E-state index contributed by atoms with van der Waals surface area (Å²) in [6.07, 6.45) is 0.670. The number of halogens is 1. The molecule has 27 heavy (non-hydrogen) atoms. The van der Waals surface area contributed by atoms with E-state index in [-0.39, 0.29) is 28.1 Å². The minimum absolute atomic E-state index is 0.0976. The fraction of sp³-hybridized carbons (Fsp3) is 0.150. The summed E-state index contributed by atoms with van der Waals surface area (Å²) in [6.45, 7) is 0.444. The molecule has 3 aromatic rings. The van der Waals surface area contributed by atoms with Gasteiger partial charge in [0, 0.05) is 11.0 Å². The molecule has 0 aliphatic rings. The number of hydrogen-bond donors (Lipinski definition) is 1. The maximum Gasteiger partial charge on any atom is 0.287 e. The Bertz CT molecular complexity index is 1030. The summed E-state index contributed by atoms with van der Waals surface area (Å²) in [7, 11) is -3.51. The van der Waals surface area contributed by atoms with Gasteiger partial charge in [-0.2, -0.15) is 0 Å². The van der Waals surface area contributed by atoms with Crippen molar-refractivity contribution in [1.29, 1.82) is 0 Å². The Labute approximate surface area is 166 Å². The Morgan fingerprint density at radius 2 is 1.67 bits per heavy atom. The molecule has 1 heterocycles. The highest BCUT2D eigenvalue weighted by atomic mass is 79.9. The minimum Gasteiger partial charge on any atom is -0.455 e. The van der Waals surface area contributed by atoms with E-state index < -0.39 is 9.84 Å². The zero-order chi connectivity index (χ0) is 19.3. The normalized spacial score (nSPS) is 11.3. The standard InChI is InChI=1S/C20H18BrNO4S/c21-18-9-5-4-6-15(18)12-13-22-20(23)19-11-10-16(26-19)14-27(24,25)17-7-2-1-3-8-17/h1-11H,12-14H2,(H,22,23). The summed E-state index contributed by atoms with van der Waals surface area (Å²) < 4.78 is 31.2. The van der Waals surface area contributed by atoms with Gasteiger partial charge in [0.25, 0.3) is 5.91 Å². The largest absolute Gasteiger partial charge is 0.455 e. The highest BCUT2D eigenvalue weighted by molar-refractivity contribution is 9.10. The van der Waals surface area contributed by atoms with Gasteiger partial charge in [-0.25, -0.2) is 8.42 Å². The second-order valence-electron chi connectivity index (χ2n) is 5.94. The number of amides is 1. The van der Waals surface area contributed by atoms with Gasteiger partial charge in [0.05, 0.1) is 4.90 Å². The van der Waals surface area contributed by atoms with Crippen LogP contribution in [0.3, 0.4) is 0 Å². The van der Waals surface area contributed by atoms with Crippen LogP contribution in [0.5, 0.6) is 0 Å². The van der Waals surface area contributed by atoms with Gasteiger partial charge in [-0.1, -0.05) is 52.3 Å². The molecule has 0 aliphatic carbocycles. The first kappa shape index (κ1) is 19.4. The molecule has 0 atom stereocenters. The first-order chi connectivity index (χ1) is 13.0. The van der Waals surface area contributed by atoms with Crippen molar-refractivity contribution in [1.82, 2.24) is 5.32 Å². The predicted octanol–water partition coefficient (Wildman–Crippen LogP) is 3.99. The third kappa shape index (κ3) is 5.08. The molecule has 1 N–H and O–H groups in total. The van der Waals surface area contributed by atoms with Gasteiger partial charge >= 0.3 is 0 Å². The number of rotatable bonds is 7. The summed E-state index contributed by atoms with van der Waals surface area (Å²) in [4.78, 5) is 12.4. The number of benzene rings is 2. The highest BCUT2D eigenvalue weighted by Crippen LogP contribution is 2.18. The molecule has 0 radical (unpaired) electrons. The van der Waals surface area contributed by atoms with Gasteiger partial charge < -0.3 is 9.73 Å². The molecule has 0 saturated heterocycles. The van der Waals surface area contributed by atoms with Gasteiger partial charge in [-0.05, 0) is 42.3 Å². The third-order valence-electron chi connectivity index (χ3n) is 3.96. The summed E-state index contributed by atoms with van der Waals surface area (Å²) in [5, 5.41) is 2.78. The van der Waals surface area contributed by atoms with Crippen molar-refractivity contribution in [3.63, 3.8) is 0 Å². The van der Waals surface area contributed by atoms with Gasteiger partial charge in [0.1, 0.15) is 11.5 Å². The van der Waals surface area contributed by atoms with Gasteiger partial charge in [0.15, 0.2) is 15.6 Å². The summed E-state index contributed by atoms with van der Waals surface area (Å²) in [6, 6.07) is 19.0. The number of furan rings is 1. The van der Waals surface area contributed by atoms with E-state index in [1.165, 1.54) is 24.3 Å². The fourth-order valence-corrected chi connectivity index (χ4v) is 4.33. The Hall–Kier alpha value is -2.38. The highest BCUT2D eigenvalue weighted by Gasteiger charge is 2.19. The van der Waals surface area contributed by atoms with E-state index in [0.717, 1.165) is 10.0 Å². The zero-order valence-corrected chi connectivity index (χ0v) is 16.8. The lowest BCUT2D eigenvalue weighted by molar-refractivity contribution is 0.0925. The van der Waals surface area contributed by atoms with Crippen molar-refractivity contribution in [3.05, 3.63) is 88.3 Å². The van der Waals surface area contributed by atoms with Gasteiger partial charge in [-0.3, -0.25) is 4.79 Å². The molecule has 0 fully saturated rings. The van der Waals surface area contributed by atoms with Crippen LogP contribution in [0.2, 0.25) is 0 Å². The van der Waals surface area contributed by atoms with E-state index >= 15 is 0 Å². The maximum absolute atomic E-state index is 12.4. The van der Waals surface area contributed by atoms with E-state index in [9.17, 15) is 13.2 Å². The average molecular weight is 448 g/mol. The lowest BCUT2D eigenvalue weighted by atomic mass is 10.1. The Balaban J connectivity index is 1.58. The van der Waals surface area contributed by atoms with Crippen LogP contribution >= 0.6 is 15.9 Å². The molecule has 0 aliphatic heterocycles. The molecular formula is C20H18BrNO4S. The quantitative estimate of drug-likeness (QED) is 0.593. The summed E-state index contributed by atoms with van der Waals surface area (Å²) in [5.41, 5.74) is 1.09. The van der Waals surface area contributed by atoms with E-state index in [1.54, 1.807) is 18.2 Å². The van der Waals surface area contributed by atoms with Crippen LogP contribution < -0.4 is 5.32 Å². The second-order valence-corrected chi connectivity index (χ2v) is 8.78. The van der Waals surface area contributed by atoms with Crippen molar-refractivity contribution in [3.8, 4) is 0 Å². The number of hydrogen-bond acceptors (Lipinski definition) is 4. The van der Waals surface area contributed by atoms with E-state index in [0.29, 0.717) is 13.0 Å². The molecule has 0 unspecified atom stereocenters. The molecule has 5 nitrogen and oxygen atoms in total. The van der Waals surface area contributed by atoms with Crippen LogP contribution in [0.4, 0.5) is 0 Å². The van der Waals surface area contributed by atoms with Crippen molar-refractivity contribution in [2.24, 2.45) is 0 Å². The first-order valence-electron chi connectivity index (χ1n) is 8.34. The summed E-state index contributed by atoms with van der Waals surface area (Å²) >= 11 is 3.47. The van der Waals surface area contributed by atoms with E-state index in [1.807, 2.05) is 24.3 Å². The first-order valence-corrected chi connectivity index (χ1v) is 10.8. The number of sulfone groups is 1. The number of carbonyl (C=O) groups excluding carboxylic acids is 1. The number of carbonyl (C=O) groups is 1. The topological polar surface area (TPSA) is 76.4 Å². The Kier molecular flexibility index (Phi) is 6.13. The van der Waals surface area contributed by atoms with Gasteiger partial charge in [-0.15, -0.1) is 0 Å². The molecule has 1 aromatic heterocycles.